The number of phenolic OH excluding ortho intramolecular Hbond substituents is 1. The summed E-state index contributed by atoms with van der Waals surface area (Å²) in [4.78, 5) is 20.5. The SMILES string of the molecule is Cc1cc(C)c(N)c(C)c1N.Nc1cc(N)cc(C(=O)O)c1.Nc1cc(N)cc(S(=O)(=O)O)c1.Nc1ccc(Br)c(N)c1.Nc1ccc(C(=O)O)c(N)c1.Nc1ccc(N)c(-c2ccccc2)c1.Nc1ccc(O)c(N)c1.Nc1cccc(-c2cccc(-c3cccc(N)c3)c2)c1. The Kier molecular flexibility index (Phi) is 28.5. The highest BCUT2D eigenvalue weighted by molar-refractivity contribution is 9.10. The summed E-state index contributed by atoms with van der Waals surface area (Å²) in [5.41, 5.74) is 107. The fraction of sp³-hybridized carbons (Fsp3) is 0.0423. The first kappa shape index (κ1) is 76.8. The van der Waals surface area contributed by atoms with Crippen molar-refractivity contribution in [3.05, 3.63) is 251 Å². The van der Waals surface area contributed by atoms with E-state index in [0.29, 0.717) is 39.8 Å². The van der Waals surface area contributed by atoms with Crippen LogP contribution in [0.5, 0.6) is 5.75 Å². The molecule has 11 rings (SSSR count). The van der Waals surface area contributed by atoms with E-state index in [0.717, 1.165) is 101 Å². The van der Waals surface area contributed by atoms with E-state index in [1.54, 1.807) is 18.2 Å². The van der Waals surface area contributed by atoms with Gasteiger partial charge in [-0.3, -0.25) is 4.55 Å². The number of benzene rings is 11. The molecule has 0 aliphatic heterocycles. The highest BCUT2D eigenvalue weighted by atomic mass is 79.9. The maximum absolute atomic E-state index is 10.6. The van der Waals surface area contributed by atoms with Gasteiger partial charge in [-0.25, -0.2) is 9.59 Å². The Morgan fingerprint density at radius 3 is 1.15 bits per heavy atom. The van der Waals surface area contributed by atoms with Gasteiger partial charge in [-0.1, -0.05) is 78.9 Å². The molecule has 0 saturated carbocycles. The van der Waals surface area contributed by atoms with E-state index in [1.807, 2.05) is 118 Å². The molecule has 0 bridgehead atoms. The lowest BCUT2D eigenvalue weighted by atomic mass is 9.98. The molecule has 0 fully saturated rings. The molecule has 24 nitrogen and oxygen atoms in total. The second-order valence-electron chi connectivity index (χ2n) is 21.3. The molecule has 97 heavy (non-hydrogen) atoms. The molecule has 0 spiro atoms. The predicted octanol–water partition coefficient (Wildman–Crippen LogP) is 11.8. The summed E-state index contributed by atoms with van der Waals surface area (Å²) in [6.45, 7) is 5.94. The van der Waals surface area contributed by atoms with Gasteiger partial charge in [-0.05, 0) is 221 Å². The number of carbonyl (C=O) groups is 2. The van der Waals surface area contributed by atoms with Crippen LogP contribution in [0.3, 0.4) is 0 Å². The fourth-order valence-corrected chi connectivity index (χ4v) is 9.30. The predicted molar refractivity (Wildman–Crippen MR) is 406 cm³/mol. The number of hydrogen-bond donors (Lipinski definition) is 20. The molecule has 0 atom stereocenters. The Balaban J connectivity index is 0.000000239. The number of nitrogens with two attached hydrogens (primary N) is 16. The number of anilines is 16. The molecule has 36 N–H and O–H groups in total. The third kappa shape index (κ3) is 25.4. The minimum atomic E-state index is -4.21. The van der Waals surface area contributed by atoms with Gasteiger partial charge in [0.25, 0.3) is 10.1 Å². The van der Waals surface area contributed by atoms with Crippen LogP contribution in [-0.2, 0) is 10.1 Å². The van der Waals surface area contributed by atoms with Crippen LogP contribution in [0.25, 0.3) is 33.4 Å². The normalized spacial score (nSPS) is 10.0. The highest BCUT2D eigenvalue weighted by Crippen LogP contribution is 2.31. The number of aromatic hydroxyl groups is 1. The van der Waals surface area contributed by atoms with Gasteiger partial charge >= 0.3 is 11.9 Å². The zero-order valence-electron chi connectivity index (χ0n) is 53.2. The van der Waals surface area contributed by atoms with E-state index in [9.17, 15) is 18.0 Å². The summed E-state index contributed by atoms with van der Waals surface area (Å²) < 4.78 is 30.6. The standard InChI is InChI=1S/C18H16N2.C12H12N2.C9H14N2.2C7H8N2O2.C6H7BrN2.C6H8N2O3S.C6H8N2O/c19-17-8-2-6-15(11-17)13-4-1-5-14(10-13)16-7-3-9-18(20)12-16;13-10-6-7-12(14)11(8-10)9-4-2-1-3-5-9;1-5-4-6(2)9(11)7(3)8(5)10;8-5-1-4(7(10)11)2-6(9)3-5;8-4-1-2-5(7(10)11)6(9)3-4;7-5-2-1-4(8)3-6(5)9;7-4-1-5(8)3-6(2-4)12(9,10)11;7-4-1-2-6(9)5(8)3-4/h1-12H,19-20H2;1-8H,13-14H2;4H,10-11H2,1-3H3;2*1-3H,8-9H2,(H,10,11);1-3H,8-9H2;1-3H,7-8H2,(H,9,10,11);1-3,9H,7-8H2. The third-order valence-electron chi connectivity index (χ3n) is 13.4. The number of nitrogen functional groups attached to an aromatic ring is 16. The van der Waals surface area contributed by atoms with Crippen LogP contribution in [0, 0.1) is 20.8 Å². The molecule has 0 aromatic heterocycles. The monoisotopic (exact) mass is 1400 g/mol. The minimum absolute atomic E-state index is 0.0733. The summed E-state index contributed by atoms with van der Waals surface area (Å²) in [5, 5.41) is 25.9. The molecule has 506 valence electrons. The quantitative estimate of drug-likeness (QED) is 0.0318. The largest absolute Gasteiger partial charge is 0.506 e. The van der Waals surface area contributed by atoms with Crippen LogP contribution in [0.4, 0.5) is 91.0 Å². The summed E-state index contributed by atoms with van der Waals surface area (Å²) >= 11 is 3.25. The van der Waals surface area contributed by atoms with Gasteiger partial charge < -0.3 is 107 Å². The third-order valence-corrected chi connectivity index (χ3v) is 15.0. The number of aryl methyl sites for hydroxylation is 2. The molecule has 0 aliphatic carbocycles. The van der Waals surface area contributed by atoms with Crippen LogP contribution in [0.2, 0.25) is 0 Å². The Hall–Kier alpha value is -12.7. The molecule has 11 aromatic carbocycles. The molecule has 26 heteroatoms. The van der Waals surface area contributed by atoms with Crippen molar-refractivity contribution in [2.75, 3.05) is 91.7 Å². The second kappa shape index (κ2) is 36.0. The van der Waals surface area contributed by atoms with E-state index in [2.05, 4.69) is 52.3 Å². The summed E-state index contributed by atoms with van der Waals surface area (Å²) in [6.07, 6.45) is 0. The molecule has 0 unspecified atom stereocenters. The topological polar surface area (TPSA) is 566 Å². The van der Waals surface area contributed by atoms with Crippen LogP contribution in [-0.4, -0.2) is 40.2 Å². The molecule has 0 amide bonds. The van der Waals surface area contributed by atoms with E-state index < -0.39 is 22.1 Å². The molecule has 0 heterocycles. The van der Waals surface area contributed by atoms with Gasteiger partial charge in [0.15, 0.2) is 0 Å². The van der Waals surface area contributed by atoms with Crippen LogP contribution in [0.15, 0.2) is 228 Å². The van der Waals surface area contributed by atoms with Gasteiger partial charge in [-0.15, -0.1) is 0 Å². The average molecular weight is 1400 g/mol. The Bertz CT molecular complexity index is 4450. The van der Waals surface area contributed by atoms with Crippen molar-refractivity contribution in [2.45, 2.75) is 25.7 Å². The van der Waals surface area contributed by atoms with Crippen molar-refractivity contribution in [1.82, 2.24) is 0 Å². The summed E-state index contributed by atoms with van der Waals surface area (Å²) in [6, 6.07) is 63.8. The summed E-state index contributed by atoms with van der Waals surface area (Å²) in [7, 11) is -4.21. The van der Waals surface area contributed by atoms with Crippen molar-refractivity contribution < 1.29 is 37.9 Å². The van der Waals surface area contributed by atoms with Crippen LogP contribution in [0.1, 0.15) is 37.4 Å². The Labute approximate surface area is 571 Å². The zero-order chi connectivity index (χ0) is 72.4. The van der Waals surface area contributed by atoms with E-state index in [4.69, 9.17) is 112 Å². The maximum atomic E-state index is 10.6. The Morgan fingerprint density at radius 1 is 0.351 bits per heavy atom. The number of carboxylic acid groups (broad SMARTS) is 2. The van der Waals surface area contributed by atoms with Crippen molar-refractivity contribution in [3.63, 3.8) is 0 Å². The molecule has 0 radical (unpaired) electrons. The molecule has 0 saturated heterocycles. The first-order valence-electron chi connectivity index (χ1n) is 28.7. The lowest BCUT2D eigenvalue weighted by molar-refractivity contribution is 0.0686. The number of carboxylic acids is 2. The lowest BCUT2D eigenvalue weighted by Crippen LogP contribution is -2.02. The first-order chi connectivity index (χ1) is 45.5. The number of halogens is 1. The highest BCUT2D eigenvalue weighted by Gasteiger charge is 2.11. The van der Waals surface area contributed by atoms with E-state index in [-0.39, 0.29) is 38.8 Å². The van der Waals surface area contributed by atoms with Crippen molar-refractivity contribution in [1.29, 1.82) is 0 Å². The molecule has 0 aliphatic rings. The van der Waals surface area contributed by atoms with E-state index >= 15 is 0 Å². The smallest absolute Gasteiger partial charge is 0.337 e. The minimum Gasteiger partial charge on any atom is -0.506 e. The van der Waals surface area contributed by atoms with Crippen LogP contribution >= 0.6 is 15.9 Å². The molecule has 11 aromatic rings. The molecular formula is C71H81BrN16O8S. The van der Waals surface area contributed by atoms with Gasteiger partial charge in [0.2, 0.25) is 0 Å². The van der Waals surface area contributed by atoms with Gasteiger partial charge in [-0.2, -0.15) is 8.42 Å². The van der Waals surface area contributed by atoms with Gasteiger partial charge in [0, 0.05) is 95.3 Å². The lowest BCUT2D eigenvalue weighted by Gasteiger charge is -2.09. The fourth-order valence-electron chi connectivity index (χ4n) is 8.48. The number of aromatic carboxylic acids is 2. The number of rotatable bonds is 6. The summed E-state index contributed by atoms with van der Waals surface area (Å²) in [5.74, 6) is -1.99. The number of phenols is 1. The second-order valence-corrected chi connectivity index (χ2v) is 23.5. The van der Waals surface area contributed by atoms with Crippen molar-refractivity contribution in [2.24, 2.45) is 0 Å². The average Bonchev–Trinajstić information content (AvgIpc) is 0.915. The van der Waals surface area contributed by atoms with E-state index in [1.165, 1.54) is 54.6 Å². The maximum Gasteiger partial charge on any atom is 0.337 e. The van der Waals surface area contributed by atoms with Crippen LogP contribution < -0.4 is 91.7 Å². The zero-order valence-corrected chi connectivity index (χ0v) is 55.6. The Morgan fingerprint density at radius 2 is 0.742 bits per heavy atom. The van der Waals surface area contributed by atoms with Crippen molar-refractivity contribution >= 4 is 129 Å². The van der Waals surface area contributed by atoms with Gasteiger partial charge in [0.05, 0.1) is 21.7 Å². The van der Waals surface area contributed by atoms with Gasteiger partial charge in [0.1, 0.15) is 5.75 Å². The molecular weight excluding hydrogens is 1320 g/mol. The number of hydrogen-bond acceptors (Lipinski definition) is 21. The first-order valence-corrected chi connectivity index (χ1v) is 31.0. The van der Waals surface area contributed by atoms with Crippen molar-refractivity contribution in [3.8, 4) is 39.1 Å².